The third-order valence-corrected chi connectivity index (χ3v) is 4.02. The predicted octanol–water partition coefficient (Wildman–Crippen LogP) is 1.58. The molecule has 1 aliphatic carbocycles. The Balaban J connectivity index is 1.92. The zero-order valence-electron chi connectivity index (χ0n) is 9.09. The first kappa shape index (κ1) is 10.4. The lowest BCUT2D eigenvalue weighted by Crippen LogP contribution is -2.51. The zero-order chi connectivity index (χ0) is 10.0. The van der Waals surface area contributed by atoms with Crippen LogP contribution < -0.4 is 11.3 Å². The van der Waals surface area contributed by atoms with Crippen molar-refractivity contribution in [3.63, 3.8) is 0 Å². The molecule has 0 amide bonds. The zero-order valence-corrected chi connectivity index (χ0v) is 9.09. The Morgan fingerprint density at radius 3 is 2.86 bits per heavy atom. The molecule has 3 heteroatoms. The summed E-state index contributed by atoms with van der Waals surface area (Å²) in [5.41, 5.74) is 3.21. The summed E-state index contributed by atoms with van der Waals surface area (Å²) < 4.78 is 5.90. The minimum absolute atomic E-state index is 0.257. The second-order valence-corrected chi connectivity index (χ2v) is 4.82. The van der Waals surface area contributed by atoms with Gasteiger partial charge in [0.25, 0.3) is 0 Å². The predicted molar refractivity (Wildman–Crippen MR) is 56.7 cm³/mol. The quantitative estimate of drug-likeness (QED) is 0.534. The van der Waals surface area contributed by atoms with Crippen LogP contribution >= 0.6 is 0 Å². The van der Waals surface area contributed by atoms with Crippen LogP contribution in [-0.2, 0) is 4.74 Å². The molecule has 2 atom stereocenters. The minimum Gasteiger partial charge on any atom is -0.375 e. The highest BCUT2D eigenvalue weighted by atomic mass is 16.5. The maximum Gasteiger partial charge on any atom is 0.0685 e. The molecular formula is C11H22N2O. The van der Waals surface area contributed by atoms with Gasteiger partial charge in [0.1, 0.15) is 0 Å². The van der Waals surface area contributed by atoms with Crippen molar-refractivity contribution in [3.05, 3.63) is 0 Å². The second-order valence-electron chi connectivity index (χ2n) is 4.82. The molecule has 0 radical (unpaired) electrons. The average molecular weight is 198 g/mol. The Bertz CT molecular complexity index is 188. The lowest BCUT2D eigenvalue weighted by Gasteiger charge is -2.48. The Kier molecular flexibility index (Phi) is 3.10. The number of nitrogens with two attached hydrogens (primary N) is 1. The molecule has 1 saturated carbocycles. The maximum absolute atomic E-state index is 5.90. The Labute approximate surface area is 86.4 Å². The smallest absolute Gasteiger partial charge is 0.0685 e. The van der Waals surface area contributed by atoms with Crippen molar-refractivity contribution in [3.8, 4) is 0 Å². The first-order chi connectivity index (χ1) is 6.79. The average Bonchev–Trinajstić information content (AvgIpc) is 2.18. The van der Waals surface area contributed by atoms with Crippen LogP contribution in [0.5, 0.6) is 0 Å². The van der Waals surface area contributed by atoms with Crippen molar-refractivity contribution in [2.45, 2.75) is 57.1 Å². The molecule has 1 spiro atoms. The molecule has 2 unspecified atom stereocenters. The maximum atomic E-state index is 5.90. The number of hydrogen-bond acceptors (Lipinski definition) is 3. The molecule has 2 fully saturated rings. The summed E-state index contributed by atoms with van der Waals surface area (Å²) in [5.74, 6) is 6.29. The fraction of sp³-hybridized carbons (Fsp3) is 1.00. The third-order valence-electron chi connectivity index (χ3n) is 4.02. The van der Waals surface area contributed by atoms with Crippen molar-refractivity contribution in [2.24, 2.45) is 11.8 Å². The van der Waals surface area contributed by atoms with Crippen LogP contribution in [0.25, 0.3) is 0 Å². The van der Waals surface area contributed by atoms with Crippen LogP contribution in [0.1, 0.15) is 45.4 Å². The van der Waals surface area contributed by atoms with Gasteiger partial charge in [0, 0.05) is 12.6 Å². The van der Waals surface area contributed by atoms with Crippen molar-refractivity contribution in [2.75, 3.05) is 6.61 Å². The standard InChI is InChI=1S/C11H22N2O/c1-2-10(13-12)9-4-7-14-11(8-9)5-3-6-11/h9-10,13H,2-8,12H2,1H3. The lowest BCUT2D eigenvalue weighted by atomic mass is 9.70. The molecule has 0 bridgehead atoms. The van der Waals surface area contributed by atoms with Crippen LogP contribution in [0.3, 0.4) is 0 Å². The van der Waals surface area contributed by atoms with Crippen molar-refractivity contribution >= 4 is 0 Å². The van der Waals surface area contributed by atoms with Gasteiger partial charge >= 0.3 is 0 Å². The lowest BCUT2D eigenvalue weighted by molar-refractivity contribution is -0.147. The van der Waals surface area contributed by atoms with Crippen LogP contribution in [0, 0.1) is 5.92 Å². The van der Waals surface area contributed by atoms with E-state index in [2.05, 4.69) is 12.3 Å². The first-order valence-electron chi connectivity index (χ1n) is 5.90. The van der Waals surface area contributed by atoms with E-state index in [0.717, 1.165) is 18.9 Å². The summed E-state index contributed by atoms with van der Waals surface area (Å²) in [6, 6.07) is 0.483. The Hall–Kier alpha value is -0.120. The largest absolute Gasteiger partial charge is 0.375 e. The number of hydrogen-bond donors (Lipinski definition) is 2. The van der Waals surface area contributed by atoms with E-state index in [1.54, 1.807) is 0 Å². The van der Waals surface area contributed by atoms with Gasteiger partial charge in [0.05, 0.1) is 5.60 Å². The van der Waals surface area contributed by atoms with Gasteiger partial charge in [-0.15, -0.1) is 0 Å². The fourth-order valence-electron chi connectivity index (χ4n) is 2.92. The molecule has 0 aromatic rings. The van der Waals surface area contributed by atoms with E-state index in [9.17, 15) is 0 Å². The SMILES string of the molecule is CCC(NN)C1CCOC2(CCC2)C1. The summed E-state index contributed by atoms with van der Waals surface area (Å²) in [4.78, 5) is 0. The number of ether oxygens (including phenoxy) is 1. The molecular weight excluding hydrogens is 176 g/mol. The number of nitrogens with one attached hydrogen (secondary N) is 1. The van der Waals surface area contributed by atoms with Gasteiger partial charge in [-0.25, -0.2) is 0 Å². The van der Waals surface area contributed by atoms with E-state index in [1.165, 1.54) is 32.1 Å². The monoisotopic (exact) mass is 198 g/mol. The summed E-state index contributed by atoms with van der Waals surface area (Å²) in [6.45, 7) is 3.14. The summed E-state index contributed by atoms with van der Waals surface area (Å²) in [5, 5.41) is 0. The van der Waals surface area contributed by atoms with E-state index < -0.39 is 0 Å². The normalized spacial score (nSPS) is 32.6. The van der Waals surface area contributed by atoms with E-state index in [4.69, 9.17) is 10.6 Å². The molecule has 14 heavy (non-hydrogen) atoms. The fourth-order valence-corrected chi connectivity index (χ4v) is 2.92. The molecule has 3 nitrogen and oxygen atoms in total. The second kappa shape index (κ2) is 4.17. The van der Waals surface area contributed by atoms with Gasteiger partial charge in [-0.05, 0) is 44.4 Å². The summed E-state index contributed by atoms with van der Waals surface area (Å²) in [6.07, 6.45) is 7.39. The number of hydrazine groups is 1. The van der Waals surface area contributed by atoms with E-state index >= 15 is 0 Å². The van der Waals surface area contributed by atoms with E-state index in [-0.39, 0.29) is 5.60 Å². The summed E-state index contributed by atoms with van der Waals surface area (Å²) >= 11 is 0. The molecule has 82 valence electrons. The topological polar surface area (TPSA) is 47.3 Å². The van der Waals surface area contributed by atoms with Crippen LogP contribution in [-0.4, -0.2) is 18.2 Å². The van der Waals surface area contributed by atoms with E-state index in [1.807, 2.05) is 0 Å². The van der Waals surface area contributed by atoms with Crippen LogP contribution in [0.15, 0.2) is 0 Å². The third kappa shape index (κ3) is 1.81. The van der Waals surface area contributed by atoms with E-state index in [0.29, 0.717) is 6.04 Å². The van der Waals surface area contributed by atoms with Gasteiger partial charge in [-0.2, -0.15) is 0 Å². The number of rotatable bonds is 3. The van der Waals surface area contributed by atoms with Gasteiger partial charge < -0.3 is 4.74 Å². The molecule has 2 aliphatic rings. The highest BCUT2D eigenvalue weighted by molar-refractivity contribution is 4.96. The molecule has 1 aliphatic heterocycles. The molecule has 1 saturated heterocycles. The van der Waals surface area contributed by atoms with Gasteiger partial charge in [0.15, 0.2) is 0 Å². The Morgan fingerprint density at radius 1 is 1.57 bits per heavy atom. The highest BCUT2D eigenvalue weighted by Gasteiger charge is 2.43. The Morgan fingerprint density at radius 2 is 2.36 bits per heavy atom. The first-order valence-corrected chi connectivity index (χ1v) is 5.90. The summed E-state index contributed by atoms with van der Waals surface area (Å²) in [7, 11) is 0. The molecule has 0 aromatic carbocycles. The molecule has 1 heterocycles. The van der Waals surface area contributed by atoms with Crippen LogP contribution in [0.2, 0.25) is 0 Å². The molecule has 2 rings (SSSR count). The van der Waals surface area contributed by atoms with Crippen molar-refractivity contribution in [1.82, 2.24) is 5.43 Å². The van der Waals surface area contributed by atoms with Gasteiger partial charge in [-0.1, -0.05) is 6.92 Å². The minimum atomic E-state index is 0.257. The highest BCUT2D eigenvalue weighted by Crippen LogP contribution is 2.45. The van der Waals surface area contributed by atoms with Crippen LogP contribution in [0.4, 0.5) is 0 Å². The van der Waals surface area contributed by atoms with Crippen molar-refractivity contribution in [1.29, 1.82) is 0 Å². The molecule has 0 aromatic heterocycles. The van der Waals surface area contributed by atoms with Crippen molar-refractivity contribution < 1.29 is 4.74 Å². The molecule has 3 N–H and O–H groups in total. The van der Waals surface area contributed by atoms with Gasteiger partial charge in [-0.3, -0.25) is 11.3 Å². The van der Waals surface area contributed by atoms with Gasteiger partial charge in [0.2, 0.25) is 0 Å².